The van der Waals surface area contributed by atoms with E-state index in [0.717, 1.165) is 0 Å². The molecule has 0 fully saturated rings. The van der Waals surface area contributed by atoms with Gasteiger partial charge in [-0.3, -0.25) is 4.79 Å². The van der Waals surface area contributed by atoms with E-state index in [1.54, 1.807) is 31.1 Å². The highest BCUT2D eigenvalue weighted by atomic mass is 35.7. The topological polar surface area (TPSA) is 63.7 Å². The summed E-state index contributed by atoms with van der Waals surface area (Å²) in [5.41, 5.74) is 0.805. The van der Waals surface area contributed by atoms with Gasteiger partial charge in [0.1, 0.15) is 0 Å². The highest BCUT2D eigenvalue weighted by Gasteiger charge is 2.22. The lowest BCUT2D eigenvalue weighted by molar-refractivity contribution is 0.0579. The molecular weight excluding hydrogens is 314 g/mol. The van der Waals surface area contributed by atoms with E-state index in [4.69, 9.17) is 15.4 Å². The molecule has 1 aromatic carbocycles. The smallest absolute Gasteiger partial charge is 0.261 e. The fourth-order valence-corrected chi connectivity index (χ4v) is 3.37. The maximum absolute atomic E-state index is 12.5. The Hall–Kier alpha value is -1.11. The van der Waals surface area contributed by atoms with Crippen molar-refractivity contribution in [2.45, 2.75) is 31.7 Å². The summed E-state index contributed by atoms with van der Waals surface area (Å²) < 4.78 is 28.1. The van der Waals surface area contributed by atoms with Gasteiger partial charge in [-0.15, -0.1) is 0 Å². The first-order chi connectivity index (χ1) is 9.72. The Morgan fingerprint density at radius 3 is 2.52 bits per heavy atom. The second-order valence-corrected chi connectivity index (χ2v) is 7.35. The number of aryl methyl sites for hydroxylation is 1. The van der Waals surface area contributed by atoms with E-state index in [2.05, 4.69) is 0 Å². The Labute approximate surface area is 130 Å². The minimum atomic E-state index is -3.88. The maximum atomic E-state index is 12.5. The SMILES string of the molecule is CCN(C(=O)c1ccc(C)c(S(=O)(=O)Cl)c1)C(C)COC. The van der Waals surface area contributed by atoms with E-state index in [1.165, 1.54) is 6.07 Å². The lowest BCUT2D eigenvalue weighted by Crippen LogP contribution is -2.41. The highest BCUT2D eigenvalue weighted by Crippen LogP contribution is 2.22. The van der Waals surface area contributed by atoms with Crippen molar-refractivity contribution in [2.75, 3.05) is 20.3 Å². The first-order valence-corrected chi connectivity index (χ1v) is 8.88. The number of nitrogens with zero attached hydrogens (tertiary/aromatic N) is 1. The molecule has 0 aromatic heterocycles. The third-order valence-corrected chi connectivity index (χ3v) is 4.70. The van der Waals surface area contributed by atoms with Crippen molar-refractivity contribution in [1.29, 1.82) is 0 Å². The van der Waals surface area contributed by atoms with Crippen LogP contribution < -0.4 is 0 Å². The molecule has 5 nitrogen and oxygen atoms in total. The number of likely N-dealkylation sites (N-methyl/N-ethyl adjacent to an activating group) is 1. The van der Waals surface area contributed by atoms with Gasteiger partial charge in [-0.2, -0.15) is 0 Å². The summed E-state index contributed by atoms with van der Waals surface area (Å²) in [7, 11) is 3.09. The summed E-state index contributed by atoms with van der Waals surface area (Å²) in [6.45, 7) is 6.27. The van der Waals surface area contributed by atoms with E-state index in [9.17, 15) is 13.2 Å². The van der Waals surface area contributed by atoms with Crippen molar-refractivity contribution in [1.82, 2.24) is 4.90 Å². The van der Waals surface area contributed by atoms with Crippen molar-refractivity contribution in [3.63, 3.8) is 0 Å². The van der Waals surface area contributed by atoms with E-state index in [1.807, 2.05) is 13.8 Å². The lowest BCUT2D eigenvalue weighted by Gasteiger charge is -2.27. The molecule has 0 N–H and O–H groups in total. The van der Waals surface area contributed by atoms with Crippen LogP contribution in [0.2, 0.25) is 0 Å². The molecule has 21 heavy (non-hydrogen) atoms. The first-order valence-electron chi connectivity index (χ1n) is 6.57. The van der Waals surface area contributed by atoms with Crippen LogP contribution in [0.5, 0.6) is 0 Å². The summed E-state index contributed by atoms with van der Waals surface area (Å²) in [6, 6.07) is 4.40. The van der Waals surface area contributed by atoms with Crippen molar-refractivity contribution in [3.05, 3.63) is 29.3 Å². The second-order valence-electron chi connectivity index (χ2n) is 4.81. The molecule has 1 atom stereocenters. The van der Waals surface area contributed by atoms with Gasteiger partial charge in [-0.25, -0.2) is 8.42 Å². The van der Waals surface area contributed by atoms with Crippen LogP contribution in [0.1, 0.15) is 29.8 Å². The Kier molecular flexibility index (Phi) is 6.19. The zero-order valence-electron chi connectivity index (χ0n) is 12.6. The molecule has 0 radical (unpaired) electrons. The number of methoxy groups -OCH3 is 1. The number of benzene rings is 1. The quantitative estimate of drug-likeness (QED) is 0.750. The average Bonchev–Trinajstić information content (AvgIpc) is 2.38. The van der Waals surface area contributed by atoms with Crippen LogP contribution in [-0.4, -0.2) is 45.5 Å². The van der Waals surface area contributed by atoms with Crippen LogP contribution >= 0.6 is 10.7 Å². The standard InChI is InChI=1S/C14H20ClNO4S/c1-5-16(11(3)9-20-4)14(17)12-7-6-10(2)13(8-12)21(15,18)19/h6-8,11H,5,9H2,1-4H3. The molecule has 0 saturated heterocycles. The minimum absolute atomic E-state index is 0.0366. The van der Waals surface area contributed by atoms with Gasteiger partial charge in [0.25, 0.3) is 15.0 Å². The van der Waals surface area contributed by atoms with Crippen molar-refractivity contribution in [3.8, 4) is 0 Å². The fourth-order valence-electron chi connectivity index (χ4n) is 2.15. The normalized spacial score (nSPS) is 13.0. The van der Waals surface area contributed by atoms with E-state index < -0.39 is 9.05 Å². The number of amides is 1. The van der Waals surface area contributed by atoms with Crippen molar-refractivity contribution in [2.24, 2.45) is 0 Å². The third-order valence-electron chi connectivity index (χ3n) is 3.24. The third kappa shape index (κ3) is 4.43. The van der Waals surface area contributed by atoms with Gasteiger partial charge in [-0.1, -0.05) is 6.07 Å². The largest absolute Gasteiger partial charge is 0.383 e. The summed E-state index contributed by atoms with van der Waals surface area (Å²) in [5, 5.41) is 0. The second kappa shape index (κ2) is 7.24. The predicted octanol–water partition coefficient (Wildman–Crippen LogP) is 2.42. The molecule has 0 saturated carbocycles. The molecule has 7 heteroatoms. The van der Waals surface area contributed by atoms with Gasteiger partial charge in [0.05, 0.1) is 17.5 Å². The van der Waals surface area contributed by atoms with Gasteiger partial charge < -0.3 is 9.64 Å². The fraction of sp³-hybridized carbons (Fsp3) is 0.500. The average molecular weight is 334 g/mol. The van der Waals surface area contributed by atoms with Gasteiger partial charge in [0.2, 0.25) is 0 Å². The number of ether oxygens (including phenoxy) is 1. The lowest BCUT2D eigenvalue weighted by atomic mass is 10.1. The molecule has 0 aliphatic rings. The first kappa shape index (κ1) is 17.9. The van der Waals surface area contributed by atoms with Gasteiger partial charge in [0.15, 0.2) is 0 Å². The van der Waals surface area contributed by atoms with Crippen LogP contribution in [0.25, 0.3) is 0 Å². The van der Waals surface area contributed by atoms with Crippen LogP contribution in [0.3, 0.4) is 0 Å². The van der Waals surface area contributed by atoms with Crippen LogP contribution in [-0.2, 0) is 13.8 Å². The zero-order valence-corrected chi connectivity index (χ0v) is 14.2. The van der Waals surface area contributed by atoms with E-state index in [0.29, 0.717) is 24.3 Å². The van der Waals surface area contributed by atoms with Crippen molar-refractivity contribution >= 4 is 25.6 Å². The molecule has 0 aliphatic carbocycles. The summed E-state index contributed by atoms with van der Waals surface area (Å²) in [5.74, 6) is -0.247. The van der Waals surface area contributed by atoms with Gasteiger partial charge in [-0.05, 0) is 38.5 Å². The molecule has 1 rings (SSSR count). The zero-order chi connectivity index (χ0) is 16.2. The molecular formula is C14H20ClNO4S. The summed E-state index contributed by atoms with van der Waals surface area (Å²) in [6.07, 6.45) is 0. The Morgan fingerprint density at radius 1 is 1.43 bits per heavy atom. The molecule has 1 amide bonds. The Bertz CT molecular complexity index is 615. The Balaban J connectivity index is 3.18. The summed E-state index contributed by atoms with van der Waals surface area (Å²) in [4.78, 5) is 14.1. The van der Waals surface area contributed by atoms with E-state index >= 15 is 0 Å². The maximum Gasteiger partial charge on any atom is 0.261 e. The molecule has 0 aliphatic heterocycles. The molecule has 0 spiro atoms. The van der Waals surface area contributed by atoms with Gasteiger partial charge in [0, 0.05) is 29.9 Å². The number of halogens is 1. The molecule has 0 heterocycles. The van der Waals surface area contributed by atoms with E-state index in [-0.39, 0.29) is 16.8 Å². The number of rotatable bonds is 6. The Morgan fingerprint density at radius 2 is 2.05 bits per heavy atom. The number of carbonyl (C=O) groups excluding carboxylic acids is 1. The number of carbonyl (C=O) groups is 1. The number of hydrogen-bond donors (Lipinski definition) is 0. The van der Waals surface area contributed by atoms with Crippen LogP contribution in [0.4, 0.5) is 0 Å². The molecule has 1 aromatic rings. The molecule has 118 valence electrons. The van der Waals surface area contributed by atoms with Gasteiger partial charge >= 0.3 is 0 Å². The minimum Gasteiger partial charge on any atom is -0.383 e. The van der Waals surface area contributed by atoms with Crippen LogP contribution in [0, 0.1) is 6.92 Å². The summed E-state index contributed by atoms with van der Waals surface area (Å²) >= 11 is 0. The molecule has 0 bridgehead atoms. The monoisotopic (exact) mass is 333 g/mol. The highest BCUT2D eigenvalue weighted by molar-refractivity contribution is 8.13. The molecule has 1 unspecified atom stereocenters. The number of hydrogen-bond acceptors (Lipinski definition) is 4. The van der Waals surface area contributed by atoms with Crippen LogP contribution in [0.15, 0.2) is 23.1 Å². The predicted molar refractivity (Wildman–Crippen MR) is 82.3 cm³/mol. The van der Waals surface area contributed by atoms with Crippen molar-refractivity contribution < 1.29 is 17.9 Å².